The van der Waals surface area contributed by atoms with Gasteiger partial charge in [-0.25, -0.2) is 0 Å². The Morgan fingerprint density at radius 3 is 2.47 bits per heavy atom. The molecular weight excluding hydrogens is 373 g/mol. The highest BCUT2D eigenvalue weighted by molar-refractivity contribution is 9.11. The highest BCUT2D eigenvalue weighted by Gasteiger charge is 2.38. The van der Waals surface area contributed by atoms with Gasteiger partial charge in [0.1, 0.15) is 0 Å². The van der Waals surface area contributed by atoms with Gasteiger partial charge in [0.15, 0.2) is 5.78 Å². The molecular formula is C10H10Br2NO3P. The van der Waals surface area contributed by atoms with Gasteiger partial charge in [0, 0.05) is 27.8 Å². The Bertz CT molecular complexity index is 541. The molecule has 0 fully saturated rings. The molecule has 1 aromatic rings. The summed E-state index contributed by atoms with van der Waals surface area (Å²) in [5.74, 6) is -0.950. The maximum absolute atomic E-state index is 11.6. The molecule has 4 nitrogen and oxygen atoms in total. The van der Waals surface area contributed by atoms with Gasteiger partial charge < -0.3 is 14.7 Å². The van der Waals surface area contributed by atoms with E-state index in [1.807, 2.05) is 12.1 Å². The van der Waals surface area contributed by atoms with E-state index in [4.69, 9.17) is 0 Å². The predicted octanol–water partition coefficient (Wildman–Crippen LogP) is 3.30. The first-order chi connectivity index (χ1) is 7.82. The van der Waals surface area contributed by atoms with Gasteiger partial charge in [-0.2, -0.15) is 0 Å². The lowest BCUT2D eigenvalue weighted by Crippen LogP contribution is -2.23. The zero-order valence-corrected chi connectivity index (χ0v) is 12.9. The van der Waals surface area contributed by atoms with Gasteiger partial charge in [-0.15, -0.1) is 0 Å². The fourth-order valence-corrected chi connectivity index (χ4v) is 4.28. The van der Waals surface area contributed by atoms with Crippen LogP contribution in [-0.4, -0.2) is 21.7 Å². The van der Waals surface area contributed by atoms with Gasteiger partial charge in [-0.3, -0.25) is 4.57 Å². The monoisotopic (exact) mass is 381 g/mol. The zero-order valence-electron chi connectivity index (χ0n) is 8.84. The fraction of sp³-hybridized carbons (Fsp3) is 0.200. The van der Waals surface area contributed by atoms with Crippen LogP contribution in [0.5, 0.6) is 0 Å². The number of benzene rings is 1. The van der Waals surface area contributed by atoms with Crippen molar-refractivity contribution in [3.8, 4) is 0 Å². The van der Waals surface area contributed by atoms with Crippen molar-refractivity contribution in [1.29, 1.82) is 0 Å². The molecule has 0 aliphatic carbocycles. The summed E-state index contributed by atoms with van der Waals surface area (Å²) >= 11 is 6.74. The van der Waals surface area contributed by atoms with Gasteiger partial charge in [-0.05, 0) is 23.8 Å². The quantitative estimate of drug-likeness (QED) is 0.731. The van der Waals surface area contributed by atoms with Crippen molar-refractivity contribution in [2.24, 2.45) is 0 Å². The minimum atomic E-state index is -4.25. The second-order valence-electron chi connectivity index (χ2n) is 3.80. The molecule has 0 saturated heterocycles. The first kappa shape index (κ1) is 13.3. The van der Waals surface area contributed by atoms with Crippen LogP contribution in [0.1, 0.15) is 16.9 Å². The van der Waals surface area contributed by atoms with E-state index in [-0.39, 0.29) is 0 Å². The van der Waals surface area contributed by atoms with Crippen LogP contribution in [0.3, 0.4) is 0 Å². The van der Waals surface area contributed by atoms with Gasteiger partial charge in [-0.1, -0.05) is 31.9 Å². The summed E-state index contributed by atoms with van der Waals surface area (Å²) in [6.45, 7) is 0. The van der Waals surface area contributed by atoms with Crippen molar-refractivity contribution in [2.45, 2.75) is 5.78 Å². The van der Waals surface area contributed by atoms with E-state index in [1.165, 1.54) is 4.90 Å². The van der Waals surface area contributed by atoms with Crippen LogP contribution in [0, 0.1) is 0 Å². The molecule has 1 aliphatic heterocycles. The van der Waals surface area contributed by atoms with Crippen LogP contribution in [0.2, 0.25) is 0 Å². The van der Waals surface area contributed by atoms with Gasteiger partial charge in [0.25, 0.3) is 0 Å². The molecule has 7 heteroatoms. The molecule has 17 heavy (non-hydrogen) atoms. The molecule has 0 saturated carbocycles. The highest BCUT2D eigenvalue weighted by Crippen LogP contribution is 2.57. The first-order valence-electron chi connectivity index (χ1n) is 4.75. The van der Waals surface area contributed by atoms with Crippen LogP contribution < -0.4 is 0 Å². The number of fused-ring (bicyclic) bond motifs is 1. The third-order valence-electron chi connectivity index (χ3n) is 2.62. The van der Waals surface area contributed by atoms with Crippen molar-refractivity contribution >= 4 is 45.5 Å². The molecule has 1 heterocycles. The van der Waals surface area contributed by atoms with E-state index in [0.717, 1.165) is 10.0 Å². The lowest BCUT2D eigenvalue weighted by atomic mass is 10.0. The van der Waals surface area contributed by atoms with Gasteiger partial charge in [0.2, 0.25) is 0 Å². The van der Waals surface area contributed by atoms with Crippen molar-refractivity contribution in [3.05, 3.63) is 38.4 Å². The molecule has 0 bridgehead atoms. The Hall–Kier alpha value is -0.130. The number of hydrogen-bond donors (Lipinski definition) is 2. The third-order valence-corrected chi connectivity index (χ3v) is 5.26. The largest absolute Gasteiger partial charge is 0.363 e. The number of halogens is 2. The first-order valence-corrected chi connectivity index (χ1v) is 8.02. The maximum Gasteiger partial charge on any atom is 0.352 e. The Morgan fingerprint density at radius 2 is 1.88 bits per heavy atom. The summed E-state index contributed by atoms with van der Waals surface area (Å²) < 4.78 is 13.1. The van der Waals surface area contributed by atoms with E-state index >= 15 is 0 Å². The van der Waals surface area contributed by atoms with E-state index in [0.29, 0.717) is 10.0 Å². The predicted molar refractivity (Wildman–Crippen MR) is 73.4 cm³/mol. The Morgan fingerprint density at radius 1 is 1.29 bits per heavy atom. The topological polar surface area (TPSA) is 60.8 Å². The van der Waals surface area contributed by atoms with E-state index in [2.05, 4.69) is 31.9 Å². The standard InChI is InChI=1S/C10H10Br2NO3P/c1-13-5-4-6-7(11)2-3-8(12)9(6)10(13)17(14,15)16/h2-5,10H,1H3,(H2,14,15,16). The summed E-state index contributed by atoms with van der Waals surface area (Å²) in [5, 5.41) is 0. The smallest absolute Gasteiger partial charge is 0.352 e. The van der Waals surface area contributed by atoms with Crippen LogP contribution >= 0.6 is 39.5 Å². The Kier molecular flexibility index (Phi) is 3.54. The summed E-state index contributed by atoms with van der Waals surface area (Å²) in [4.78, 5) is 20.5. The average molecular weight is 383 g/mol. The molecule has 1 aliphatic rings. The molecule has 92 valence electrons. The molecule has 0 spiro atoms. The van der Waals surface area contributed by atoms with Gasteiger partial charge in [0.05, 0.1) is 0 Å². The van der Waals surface area contributed by atoms with Crippen molar-refractivity contribution in [3.63, 3.8) is 0 Å². The molecule has 0 amide bonds. The van der Waals surface area contributed by atoms with E-state index in [1.54, 1.807) is 19.3 Å². The highest BCUT2D eigenvalue weighted by atomic mass is 79.9. The number of rotatable bonds is 1. The summed E-state index contributed by atoms with van der Waals surface area (Å²) in [6, 6.07) is 3.62. The SMILES string of the molecule is CN1C=Cc2c(Br)ccc(Br)c2C1P(=O)(O)O. The van der Waals surface area contributed by atoms with Crippen molar-refractivity contribution in [1.82, 2.24) is 4.90 Å². The molecule has 1 aromatic carbocycles. The lowest BCUT2D eigenvalue weighted by molar-refractivity contribution is 0.301. The number of hydrogen-bond acceptors (Lipinski definition) is 2. The number of nitrogens with zero attached hydrogens (tertiary/aromatic N) is 1. The average Bonchev–Trinajstić information content (AvgIpc) is 2.21. The fourth-order valence-electron chi connectivity index (χ4n) is 1.90. The molecule has 0 aromatic heterocycles. The van der Waals surface area contributed by atoms with Crippen LogP contribution in [0.4, 0.5) is 0 Å². The van der Waals surface area contributed by atoms with Crippen LogP contribution in [0.25, 0.3) is 6.08 Å². The van der Waals surface area contributed by atoms with Crippen molar-refractivity contribution < 1.29 is 14.4 Å². The molecule has 0 radical (unpaired) electrons. The lowest BCUT2D eigenvalue weighted by Gasteiger charge is -2.33. The normalized spacial score (nSPS) is 19.4. The van der Waals surface area contributed by atoms with Crippen LogP contribution in [0.15, 0.2) is 27.3 Å². The minimum Gasteiger partial charge on any atom is -0.363 e. The molecule has 2 rings (SSSR count). The van der Waals surface area contributed by atoms with E-state index < -0.39 is 13.4 Å². The van der Waals surface area contributed by atoms with E-state index in [9.17, 15) is 14.4 Å². The molecule has 1 unspecified atom stereocenters. The van der Waals surface area contributed by atoms with Gasteiger partial charge >= 0.3 is 7.60 Å². The zero-order chi connectivity index (χ0) is 12.8. The molecule has 2 N–H and O–H groups in total. The second kappa shape index (κ2) is 4.52. The van der Waals surface area contributed by atoms with Crippen molar-refractivity contribution in [2.75, 3.05) is 7.05 Å². The Labute approximate surface area is 116 Å². The Balaban J connectivity index is 2.72. The third kappa shape index (κ3) is 2.37. The second-order valence-corrected chi connectivity index (χ2v) is 7.18. The minimum absolute atomic E-state index is 0.609. The summed E-state index contributed by atoms with van der Waals surface area (Å²) in [5.41, 5.74) is 1.41. The molecule has 1 atom stereocenters. The summed E-state index contributed by atoms with van der Waals surface area (Å²) in [7, 11) is -2.60. The van der Waals surface area contributed by atoms with Crippen LogP contribution in [-0.2, 0) is 4.57 Å². The maximum atomic E-state index is 11.6. The summed E-state index contributed by atoms with van der Waals surface area (Å²) in [6.07, 6.45) is 3.50.